The van der Waals surface area contributed by atoms with Crippen molar-refractivity contribution in [2.45, 2.75) is 13.3 Å². The molecule has 0 aromatic carbocycles. The van der Waals surface area contributed by atoms with E-state index in [9.17, 15) is 0 Å². The Kier molecular flexibility index (Phi) is 4.32. The molecule has 0 N–H and O–H groups in total. The highest BCUT2D eigenvalue weighted by Gasteiger charge is 1.95. The second-order valence-corrected chi connectivity index (χ2v) is 2.75. The summed E-state index contributed by atoms with van der Waals surface area (Å²) < 4.78 is 12.3. The zero-order chi connectivity index (χ0) is 9.52. The number of aromatic nitrogens is 2. The summed E-state index contributed by atoms with van der Waals surface area (Å²) in [5.41, 5.74) is 0. The summed E-state index contributed by atoms with van der Waals surface area (Å²) in [4.78, 5) is 0. The highest BCUT2D eigenvalue weighted by molar-refractivity contribution is 5.10. The van der Waals surface area contributed by atoms with Gasteiger partial charge in [0.1, 0.15) is 0 Å². The van der Waals surface area contributed by atoms with Crippen molar-refractivity contribution in [3.63, 3.8) is 0 Å². The fraction of sp³-hybridized carbons (Fsp3) is 0.667. The molecule has 0 atom stereocenters. The van der Waals surface area contributed by atoms with E-state index >= 15 is 0 Å². The van der Waals surface area contributed by atoms with Crippen LogP contribution in [0.1, 0.15) is 13.3 Å². The first kappa shape index (κ1) is 10.1. The molecule has 0 saturated carbocycles. The Morgan fingerprint density at radius 1 is 1.46 bits per heavy atom. The topological polar surface area (TPSA) is 36.3 Å². The molecular weight excluding hydrogens is 168 g/mol. The molecule has 1 aromatic heterocycles. The van der Waals surface area contributed by atoms with Gasteiger partial charge in [0.15, 0.2) is 5.75 Å². The molecule has 0 amide bonds. The van der Waals surface area contributed by atoms with E-state index < -0.39 is 0 Å². The molecule has 0 spiro atoms. The predicted molar refractivity (Wildman–Crippen MR) is 49.8 cm³/mol. The third-order valence-electron chi connectivity index (χ3n) is 1.59. The lowest BCUT2D eigenvalue weighted by molar-refractivity contribution is 0.131. The molecule has 0 unspecified atom stereocenters. The zero-order valence-electron chi connectivity index (χ0n) is 8.19. The van der Waals surface area contributed by atoms with Crippen molar-refractivity contribution >= 4 is 0 Å². The van der Waals surface area contributed by atoms with E-state index in [1.54, 1.807) is 10.9 Å². The fourth-order valence-electron chi connectivity index (χ4n) is 0.969. The van der Waals surface area contributed by atoms with E-state index in [-0.39, 0.29) is 0 Å². The second-order valence-electron chi connectivity index (χ2n) is 2.75. The van der Waals surface area contributed by atoms with E-state index in [4.69, 9.17) is 9.47 Å². The van der Waals surface area contributed by atoms with Crippen LogP contribution in [-0.2, 0) is 11.8 Å². The number of hydrogen-bond donors (Lipinski definition) is 0. The number of hydrogen-bond acceptors (Lipinski definition) is 3. The molecule has 13 heavy (non-hydrogen) atoms. The Bertz CT molecular complexity index is 235. The largest absolute Gasteiger partial charge is 0.490 e. The maximum absolute atomic E-state index is 5.41. The second kappa shape index (κ2) is 5.59. The van der Waals surface area contributed by atoms with Gasteiger partial charge in [0.25, 0.3) is 0 Å². The van der Waals surface area contributed by atoms with E-state index in [0.717, 1.165) is 25.4 Å². The van der Waals surface area contributed by atoms with Gasteiger partial charge in [-0.05, 0) is 6.92 Å². The van der Waals surface area contributed by atoms with Crippen LogP contribution >= 0.6 is 0 Å². The molecule has 1 heterocycles. The third-order valence-corrected chi connectivity index (χ3v) is 1.59. The summed E-state index contributed by atoms with van der Waals surface area (Å²) >= 11 is 0. The summed E-state index contributed by atoms with van der Waals surface area (Å²) in [5, 5.41) is 3.99. The van der Waals surface area contributed by atoms with Crippen molar-refractivity contribution < 1.29 is 9.47 Å². The maximum atomic E-state index is 5.41. The molecule has 0 aliphatic heterocycles. The van der Waals surface area contributed by atoms with E-state index in [1.807, 2.05) is 20.2 Å². The molecule has 74 valence electrons. The molecule has 0 saturated heterocycles. The van der Waals surface area contributed by atoms with Gasteiger partial charge in [-0.25, -0.2) is 0 Å². The number of aryl methyl sites for hydroxylation is 1. The lowest BCUT2D eigenvalue weighted by atomic mass is 10.5. The first-order valence-electron chi connectivity index (χ1n) is 4.52. The lowest BCUT2D eigenvalue weighted by Crippen LogP contribution is -2.02. The smallest absolute Gasteiger partial charge is 0.157 e. The van der Waals surface area contributed by atoms with Crippen LogP contribution in [0.2, 0.25) is 0 Å². The molecule has 0 fully saturated rings. The van der Waals surface area contributed by atoms with Crippen molar-refractivity contribution in [1.82, 2.24) is 9.78 Å². The van der Waals surface area contributed by atoms with E-state index in [2.05, 4.69) is 5.10 Å². The lowest BCUT2D eigenvalue weighted by Gasteiger charge is -2.02. The van der Waals surface area contributed by atoms with Crippen LogP contribution in [0.25, 0.3) is 0 Å². The Hall–Kier alpha value is -1.03. The van der Waals surface area contributed by atoms with Gasteiger partial charge < -0.3 is 9.47 Å². The standard InChI is InChI=1S/C9H16N2O2/c1-3-12-5-4-6-13-9-7-10-11(2)8-9/h7-8H,3-6H2,1-2H3. The molecule has 1 aromatic rings. The molecule has 0 bridgehead atoms. The Morgan fingerprint density at radius 3 is 2.92 bits per heavy atom. The van der Waals surface area contributed by atoms with Crippen LogP contribution in [0.15, 0.2) is 12.4 Å². The first-order valence-corrected chi connectivity index (χ1v) is 4.52. The van der Waals surface area contributed by atoms with Gasteiger partial charge >= 0.3 is 0 Å². The highest BCUT2D eigenvalue weighted by Crippen LogP contribution is 2.06. The van der Waals surface area contributed by atoms with Crippen LogP contribution in [0, 0.1) is 0 Å². The summed E-state index contributed by atoms with van der Waals surface area (Å²) in [6.07, 6.45) is 4.48. The molecule has 0 radical (unpaired) electrons. The van der Waals surface area contributed by atoms with Crippen LogP contribution in [0.4, 0.5) is 0 Å². The normalized spacial score (nSPS) is 10.3. The van der Waals surface area contributed by atoms with Gasteiger partial charge in [-0.3, -0.25) is 4.68 Å². The van der Waals surface area contributed by atoms with Gasteiger partial charge in [-0.15, -0.1) is 0 Å². The Balaban J connectivity index is 2.06. The summed E-state index contributed by atoms with van der Waals surface area (Å²) in [7, 11) is 1.87. The molecule has 4 heteroatoms. The first-order chi connectivity index (χ1) is 6.33. The summed E-state index contributed by atoms with van der Waals surface area (Å²) in [5.74, 6) is 0.819. The van der Waals surface area contributed by atoms with Crippen molar-refractivity contribution in [2.75, 3.05) is 19.8 Å². The predicted octanol–water partition coefficient (Wildman–Crippen LogP) is 1.23. The fourth-order valence-corrected chi connectivity index (χ4v) is 0.969. The average molecular weight is 184 g/mol. The van der Waals surface area contributed by atoms with Crippen LogP contribution in [0.3, 0.4) is 0 Å². The van der Waals surface area contributed by atoms with Crippen molar-refractivity contribution in [3.05, 3.63) is 12.4 Å². The van der Waals surface area contributed by atoms with Gasteiger partial charge in [0.2, 0.25) is 0 Å². The average Bonchev–Trinajstić information content (AvgIpc) is 2.51. The van der Waals surface area contributed by atoms with Gasteiger partial charge in [0.05, 0.1) is 19.0 Å². The van der Waals surface area contributed by atoms with Crippen molar-refractivity contribution in [2.24, 2.45) is 7.05 Å². The number of rotatable bonds is 6. The number of ether oxygens (including phenoxy) is 2. The Labute approximate surface area is 78.5 Å². The van der Waals surface area contributed by atoms with Gasteiger partial charge in [-0.1, -0.05) is 0 Å². The van der Waals surface area contributed by atoms with Crippen molar-refractivity contribution in [3.8, 4) is 5.75 Å². The minimum absolute atomic E-state index is 0.686. The quantitative estimate of drug-likeness (QED) is 0.624. The van der Waals surface area contributed by atoms with Crippen LogP contribution in [-0.4, -0.2) is 29.6 Å². The van der Waals surface area contributed by atoms with E-state index in [0.29, 0.717) is 6.61 Å². The molecular formula is C9H16N2O2. The summed E-state index contributed by atoms with van der Waals surface area (Å²) in [6, 6.07) is 0. The highest BCUT2D eigenvalue weighted by atomic mass is 16.5. The molecule has 4 nitrogen and oxygen atoms in total. The van der Waals surface area contributed by atoms with Crippen molar-refractivity contribution in [1.29, 1.82) is 0 Å². The molecule has 1 rings (SSSR count). The minimum Gasteiger partial charge on any atom is -0.490 e. The number of nitrogens with zero attached hydrogens (tertiary/aromatic N) is 2. The van der Waals surface area contributed by atoms with Crippen LogP contribution < -0.4 is 4.74 Å². The summed E-state index contributed by atoms with van der Waals surface area (Å²) in [6.45, 7) is 4.21. The van der Waals surface area contributed by atoms with Gasteiger partial charge in [-0.2, -0.15) is 5.10 Å². The Morgan fingerprint density at radius 2 is 2.31 bits per heavy atom. The minimum atomic E-state index is 0.686. The monoisotopic (exact) mass is 184 g/mol. The molecule has 0 aliphatic carbocycles. The third kappa shape index (κ3) is 3.94. The SMILES string of the molecule is CCOCCCOc1cnn(C)c1. The molecule has 0 aliphatic rings. The van der Waals surface area contributed by atoms with E-state index in [1.165, 1.54) is 0 Å². The van der Waals surface area contributed by atoms with Crippen LogP contribution in [0.5, 0.6) is 5.75 Å². The maximum Gasteiger partial charge on any atom is 0.157 e. The van der Waals surface area contributed by atoms with Gasteiger partial charge in [0, 0.05) is 26.7 Å². The zero-order valence-corrected chi connectivity index (χ0v) is 8.19.